The van der Waals surface area contributed by atoms with Gasteiger partial charge in [-0.15, -0.1) is 10.2 Å². The number of halogens is 5. The van der Waals surface area contributed by atoms with Crippen LogP contribution in [-0.2, 0) is 0 Å². The number of nitrogens with one attached hydrogen (secondary N) is 1. The first-order valence-corrected chi connectivity index (χ1v) is 4.95. The fourth-order valence-electron chi connectivity index (χ4n) is 0.648. The quantitative estimate of drug-likeness (QED) is 0.854. The number of hydrogen-bond donors (Lipinski definition) is 1. The summed E-state index contributed by atoms with van der Waals surface area (Å²) >= 11 is 6.00. The van der Waals surface area contributed by atoms with E-state index in [0.717, 1.165) is 0 Å². The van der Waals surface area contributed by atoms with Gasteiger partial charge in [0.15, 0.2) is 0 Å². The summed E-state index contributed by atoms with van der Waals surface area (Å²) in [7, 11) is 0. The summed E-state index contributed by atoms with van der Waals surface area (Å²) < 4.78 is 48.2. The highest BCUT2D eigenvalue weighted by Crippen LogP contribution is 2.22. The number of aromatic nitrogens is 2. The van der Waals surface area contributed by atoms with Crippen molar-refractivity contribution in [1.29, 1.82) is 0 Å². The Kier molecular flexibility index (Phi) is 4.03. The minimum atomic E-state index is -4.27. The molecule has 0 spiro atoms. The van der Waals surface area contributed by atoms with Gasteiger partial charge < -0.3 is 5.32 Å². The number of carbonyl (C=O) groups is 1. The normalized spacial score (nSPS) is 11.9. The van der Waals surface area contributed by atoms with E-state index in [1.54, 1.807) is 5.32 Å². The molecular weight excluding hydrogens is 274 g/mol. The van der Waals surface area contributed by atoms with E-state index >= 15 is 0 Å². The molecule has 0 bridgehead atoms. The average Bonchev–Trinajstić information content (AvgIpc) is 2.61. The fourth-order valence-corrected chi connectivity index (χ4v) is 1.39. The molecule has 0 saturated heterocycles. The van der Waals surface area contributed by atoms with Gasteiger partial charge >= 0.3 is 12.3 Å². The number of nitrogens with zero attached hydrogens (tertiary/aromatic N) is 2. The molecule has 10 heteroatoms. The van der Waals surface area contributed by atoms with Crippen LogP contribution in [0.15, 0.2) is 0 Å². The van der Waals surface area contributed by atoms with E-state index in [-0.39, 0.29) is 9.47 Å². The number of carbonyl (C=O) groups excluding carboxylic acids is 1. The van der Waals surface area contributed by atoms with Crippen molar-refractivity contribution in [1.82, 2.24) is 15.5 Å². The van der Waals surface area contributed by atoms with E-state index in [0.29, 0.717) is 11.3 Å². The van der Waals surface area contributed by atoms with Gasteiger partial charge in [-0.05, 0) is 11.6 Å². The van der Waals surface area contributed by atoms with Gasteiger partial charge in [0.1, 0.15) is 0 Å². The highest BCUT2D eigenvalue weighted by Gasteiger charge is 2.41. The Hall–Kier alpha value is -0.960. The van der Waals surface area contributed by atoms with Crippen molar-refractivity contribution in [2.75, 3.05) is 6.54 Å². The van der Waals surface area contributed by atoms with Gasteiger partial charge in [-0.1, -0.05) is 11.3 Å². The average molecular weight is 278 g/mol. The second-order valence-electron chi connectivity index (χ2n) is 2.60. The van der Waals surface area contributed by atoms with E-state index < -0.39 is 24.8 Å². The number of amides is 1. The van der Waals surface area contributed by atoms with E-state index in [2.05, 4.69) is 10.2 Å². The molecule has 1 N–H and O–H groups in total. The highest BCUT2D eigenvalue weighted by molar-refractivity contribution is 7.17. The zero-order valence-electron chi connectivity index (χ0n) is 7.39. The Morgan fingerprint density at radius 1 is 1.50 bits per heavy atom. The van der Waals surface area contributed by atoms with Gasteiger partial charge in [-0.25, -0.2) is 8.78 Å². The van der Waals surface area contributed by atoms with Crippen molar-refractivity contribution in [3.8, 4) is 0 Å². The molecule has 0 aliphatic carbocycles. The van der Waals surface area contributed by atoms with Crippen LogP contribution in [0.1, 0.15) is 9.80 Å². The maximum absolute atomic E-state index is 12.4. The van der Waals surface area contributed by atoms with Crippen LogP contribution < -0.4 is 5.32 Å². The molecule has 90 valence electrons. The predicted molar refractivity (Wildman–Crippen MR) is 48.2 cm³/mol. The summed E-state index contributed by atoms with van der Waals surface area (Å²) in [6.07, 6.45) is -3.84. The summed E-state index contributed by atoms with van der Waals surface area (Å²) in [6, 6.07) is 0. The second kappa shape index (κ2) is 4.91. The SMILES string of the molecule is O=C(NCC(F)(F)C(F)F)c1nnc(Cl)s1. The van der Waals surface area contributed by atoms with Crippen LogP contribution >= 0.6 is 22.9 Å². The van der Waals surface area contributed by atoms with Crippen LogP contribution in [-0.4, -0.2) is 35.0 Å². The largest absolute Gasteiger partial charge is 0.344 e. The van der Waals surface area contributed by atoms with Crippen molar-refractivity contribution < 1.29 is 22.4 Å². The molecular formula is C6H4ClF4N3OS. The topological polar surface area (TPSA) is 54.9 Å². The fraction of sp³-hybridized carbons (Fsp3) is 0.500. The van der Waals surface area contributed by atoms with Crippen LogP contribution in [0.25, 0.3) is 0 Å². The molecule has 0 saturated carbocycles. The van der Waals surface area contributed by atoms with E-state index in [1.165, 1.54) is 0 Å². The number of hydrogen-bond acceptors (Lipinski definition) is 4. The summed E-state index contributed by atoms with van der Waals surface area (Å²) in [5, 5.41) is 7.85. The molecule has 16 heavy (non-hydrogen) atoms. The molecule has 1 aromatic heterocycles. The molecule has 0 aliphatic heterocycles. The molecule has 1 heterocycles. The van der Waals surface area contributed by atoms with Crippen LogP contribution in [0.4, 0.5) is 17.6 Å². The summed E-state index contributed by atoms with van der Waals surface area (Å²) in [4.78, 5) is 11.1. The molecule has 1 amide bonds. The zero-order valence-corrected chi connectivity index (χ0v) is 8.96. The lowest BCUT2D eigenvalue weighted by Crippen LogP contribution is -2.41. The summed E-state index contributed by atoms with van der Waals surface area (Å²) in [6.45, 7) is -1.47. The third-order valence-electron chi connectivity index (χ3n) is 1.40. The molecule has 0 fully saturated rings. The number of rotatable bonds is 4. The van der Waals surface area contributed by atoms with Gasteiger partial charge in [0.25, 0.3) is 5.91 Å². The van der Waals surface area contributed by atoms with Gasteiger partial charge in [-0.3, -0.25) is 4.79 Å². The van der Waals surface area contributed by atoms with E-state index in [9.17, 15) is 22.4 Å². The Morgan fingerprint density at radius 2 is 2.12 bits per heavy atom. The van der Waals surface area contributed by atoms with Crippen molar-refractivity contribution in [3.63, 3.8) is 0 Å². The minimum Gasteiger partial charge on any atom is -0.344 e. The highest BCUT2D eigenvalue weighted by atomic mass is 35.5. The van der Waals surface area contributed by atoms with Crippen molar-refractivity contribution in [2.45, 2.75) is 12.3 Å². The monoisotopic (exact) mass is 277 g/mol. The lowest BCUT2D eigenvalue weighted by molar-refractivity contribution is -0.123. The lowest BCUT2D eigenvalue weighted by atomic mass is 10.3. The molecule has 1 rings (SSSR count). The maximum Gasteiger partial charge on any atom is 0.324 e. The third-order valence-corrected chi connectivity index (χ3v) is 2.42. The van der Waals surface area contributed by atoms with Crippen LogP contribution in [0.5, 0.6) is 0 Å². The molecule has 4 nitrogen and oxygen atoms in total. The summed E-state index contributed by atoms with van der Waals surface area (Å²) in [5.41, 5.74) is 0. The Balaban J connectivity index is 2.54. The molecule has 1 aromatic rings. The van der Waals surface area contributed by atoms with E-state index in [1.807, 2.05) is 0 Å². The maximum atomic E-state index is 12.4. The van der Waals surface area contributed by atoms with Gasteiger partial charge in [0.05, 0.1) is 6.54 Å². The molecule has 0 aromatic carbocycles. The smallest absolute Gasteiger partial charge is 0.324 e. The van der Waals surface area contributed by atoms with Crippen LogP contribution in [0.2, 0.25) is 4.47 Å². The van der Waals surface area contributed by atoms with Crippen molar-refractivity contribution >= 4 is 28.8 Å². The molecule has 0 atom stereocenters. The zero-order chi connectivity index (χ0) is 12.3. The lowest BCUT2D eigenvalue weighted by Gasteiger charge is -2.14. The minimum absolute atomic E-state index is 0.0502. The number of alkyl halides is 4. The first-order valence-electron chi connectivity index (χ1n) is 3.76. The third kappa shape index (κ3) is 3.27. The molecule has 0 unspecified atom stereocenters. The Morgan fingerprint density at radius 3 is 2.56 bits per heavy atom. The first-order chi connectivity index (χ1) is 7.33. The Labute approximate surface area is 95.6 Å². The van der Waals surface area contributed by atoms with Gasteiger partial charge in [0, 0.05) is 0 Å². The standard InChI is InChI=1S/C6H4ClF4N3OS/c7-5-14-13-3(16-5)2(15)12-1-6(10,11)4(8)9/h4H,1H2,(H,12,15). The van der Waals surface area contributed by atoms with Crippen molar-refractivity contribution in [3.05, 3.63) is 9.47 Å². The molecule has 0 aliphatic rings. The van der Waals surface area contributed by atoms with Gasteiger partial charge in [0.2, 0.25) is 9.47 Å². The van der Waals surface area contributed by atoms with Gasteiger partial charge in [-0.2, -0.15) is 8.78 Å². The molecule has 0 radical (unpaired) electrons. The first kappa shape index (κ1) is 13.1. The van der Waals surface area contributed by atoms with Crippen molar-refractivity contribution in [2.24, 2.45) is 0 Å². The van der Waals surface area contributed by atoms with Crippen LogP contribution in [0.3, 0.4) is 0 Å². The van der Waals surface area contributed by atoms with E-state index in [4.69, 9.17) is 11.6 Å². The predicted octanol–water partition coefficient (Wildman–Crippen LogP) is 1.82. The Bertz CT molecular complexity index is 386. The summed E-state index contributed by atoms with van der Waals surface area (Å²) in [5.74, 6) is -5.30. The second-order valence-corrected chi connectivity index (χ2v) is 4.16. The van der Waals surface area contributed by atoms with Crippen LogP contribution in [0, 0.1) is 0 Å².